The maximum Gasteiger partial charge on any atom is 0.415 e. The standard InChI is InChI=1S/C30H34FN3O12P2/c1-45-28-25-20(27(35)21(29(36)37)14-34(25)18-6-7-18)12-22(31)26(28)32-13-17-3-2-10-33(23(17)15-32)30(38)46-19-8-4-16(5-9-19)11-24(47(39,40)41)48(42,43)44/h4-5,8-9,12,14,17-18,23-24H,2-3,6-7,10-11,13,15H2,1H3,(H,36,37)(H2,39,40,41)(H2,42,43,44)/t17-,23+/m0/s1. The zero-order valence-electron chi connectivity index (χ0n) is 25.6. The molecule has 3 heterocycles. The van der Waals surface area contributed by atoms with Gasteiger partial charge in [0.15, 0.2) is 17.0 Å². The van der Waals surface area contributed by atoms with E-state index in [1.165, 1.54) is 37.6 Å². The Balaban J connectivity index is 1.24. The van der Waals surface area contributed by atoms with Gasteiger partial charge in [-0.1, -0.05) is 12.1 Å². The summed E-state index contributed by atoms with van der Waals surface area (Å²) in [6.07, 6.45) is 2.97. The molecule has 15 nitrogen and oxygen atoms in total. The van der Waals surface area contributed by atoms with E-state index in [1.807, 2.05) is 0 Å². The minimum absolute atomic E-state index is 0.0502. The molecule has 0 spiro atoms. The number of benzene rings is 2. The van der Waals surface area contributed by atoms with Gasteiger partial charge in [0.05, 0.1) is 24.1 Å². The summed E-state index contributed by atoms with van der Waals surface area (Å²) >= 11 is 0. The van der Waals surface area contributed by atoms with Crippen molar-refractivity contribution in [1.82, 2.24) is 9.47 Å². The smallest absolute Gasteiger partial charge is 0.415 e. The zero-order valence-corrected chi connectivity index (χ0v) is 27.4. The van der Waals surface area contributed by atoms with Gasteiger partial charge in [-0.25, -0.2) is 14.0 Å². The van der Waals surface area contributed by atoms with E-state index < -0.39 is 55.9 Å². The van der Waals surface area contributed by atoms with Crippen molar-refractivity contribution in [2.45, 2.75) is 49.6 Å². The second kappa shape index (κ2) is 12.6. The Hall–Kier alpha value is -3.78. The van der Waals surface area contributed by atoms with Crippen molar-refractivity contribution in [3.63, 3.8) is 0 Å². The van der Waals surface area contributed by atoms with Gasteiger partial charge in [0.1, 0.15) is 17.0 Å². The molecule has 3 aliphatic rings. The molecule has 1 aromatic heterocycles. The maximum absolute atomic E-state index is 15.9. The highest BCUT2D eigenvalue weighted by Crippen LogP contribution is 2.61. The highest BCUT2D eigenvalue weighted by atomic mass is 31.2. The number of likely N-dealkylation sites (tertiary alicyclic amines) is 1. The second-order valence-electron chi connectivity index (χ2n) is 12.4. The lowest BCUT2D eigenvalue weighted by molar-refractivity contribution is 0.0694. The van der Waals surface area contributed by atoms with Gasteiger partial charge in [0.25, 0.3) is 0 Å². The number of pyridine rings is 1. The average molecular weight is 710 g/mol. The summed E-state index contributed by atoms with van der Waals surface area (Å²) < 4.78 is 52.2. The number of amides is 1. The molecule has 0 bridgehead atoms. The van der Waals surface area contributed by atoms with Crippen LogP contribution >= 0.6 is 15.2 Å². The fourth-order valence-electron chi connectivity index (χ4n) is 6.81. The number of carboxylic acid groups (broad SMARTS) is 1. The molecular weight excluding hydrogens is 675 g/mol. The van der Waals surface area contributed by atoms with Crippen molar-refractivity contribution >= 4 is 43.8 Å². The third kappa shape index (κ3) is 6.48. The van der Waals surface area contributed by atoms with Crippen LogP contribution in [0.3, 0.4) is 0 Å². The number of fused-ring (bicyclic) bond motifs is 2. The molecule has 6 rings (SSSR count). The van der Waals surface area contributed by atoms with E-state index in [0.717, 1.165) is 25.3 Å². The minimum Gasteiger partial charge on any atom is -0.492 e. The molecule has 3 fully saturated rings. The SMILES string of the molecule is COc1c(N2C[C@@H]3CCCN(C(=O)Oc4ccc(CC(P(=O)(O)O)P(=O)(O)O)cc4)[C@@H]3C2)c(F)cc2c(=O)c(C(=O)O)cn(C3CC3)c12. The molecular formula is C30H34FN3O12P2. The van der Waals surface area contributed by atoms with E-state index in [4.69, 9.17) is 9.47 Å². The predicted molar refractivity (Wildman–Crippen MR) is 169 cm³/mol. The summed E-state index contributed by atoms with van der Waals surface area (Å²) in [5, 5.41) is 7.32. The monoisotopic (exact) mass is 709 g/mol. The number of hydrogen-bond donors (Lipinski definition) is 5. The van der Waals surface area contributed by atoms with Crippen molar-refractivity contribution < 1.29 is 57.3 Å². The van der Waals surface area contributed by atoms with E-state index >= 15 is 4.39 Å². The Morgan fingerprint density at radius 2 is 1.71 bits per heavy atom. The van der Waals surface area contributed by atoms with Gasteiger partial charge in [0, 0.05) is 31.9 Å². The normalized spacial score (nSPS) is 19.9. The predicted octanol–water partition coefficient (Wildman–Crippen LogP) is 3.51. The van der Waals surface area contributed by atoms with E-state index in [0.29, 0.717) is 25.0 Å². The number of halogens is 1. The number of aromatic carboxylic acids is 1. The molecule has 2 aliphatic heterocycles. The second-order valence-corrected chi connectivity index (χ2v) is 16.4. The number of nitrogens with zero attached hydrogens (tertiary/aromatic N) is 3. The topological polar surface area (TPSA) is 216 Å². The average Bonchev–Trinajstić information content (AvgIpc) is 3.76. The van der Waals surface area contributed by atoms with Crippen molar-refractivity contribution in [3.8, 4) is 11.5 Å². The lowest BCUT2D eigenvalue weighted by Gasteiger charge is -2.35. The first-order chi connectivity index (χ1) is 22.6. The summed E-state index contributed by atoms with van der Waals surface area (Å²) in [5.74, 6) is -2.00. The first kappa shape index (κ1) is 34.1. The number of piperidine rings is 1. The van der Waals surface area contributed by atoms with Crippen LogP contribution < -0.4 is 19.8 Å². The number of anilines is 1. The van der Waals surface area contributed by atoms with Gasteiger partial charge >= 0.3 is 27.3 Å². The molecule has 1 amide bonds. The molecule has 1 saturated carbocycles. The lowest BCUT2D eigenvalue weighted by Crippen LogP contribution is -2.49. The molecule has 48 heavy (non-hydrogen) atoms. The Kier molecular flexibility index (Phi) is 8.94. The molecule has 18 heteroatoms. The summed E-state index contributed by atoms with van der Waals surface area (Å²) in [6, 6.07) is 6.06. The molecule has 2 aromatic carbocycles. The summed E-state index contributed by atoms with van der Waals surface area (Å²) in [7, 11) is -8.87. The van der Waals surface area contributed by atoms with Gasteiger partial charge in [-0.15, -0.1) is 0 Å². The number of carboxylic acids is 1. The molecule has 1 aliphatic carbocycles. The van der Waals surface area contributed by atoms with Gasteiger partial charge in [-0.2, -0.15) is 0 Å². The van der Waals surface area contributed by atoms with Crippen LogP contribution in [0, 0.1) is 11.7 Å². The molecule has 0 unspecified atom stereocenters. The van der Waals surface area contributed by atoms with Crippen LogP contribution in [-0.2, 0) is 15.6 Å². The highest BCUT2D eigenvalue weighted by Gasteiger charge is 2.45. The van der Waals surface area contributed by atoms with Crippen LogP contribution in [0.25, 0.3) is 10.9 Å². The number of methoxy groups -OCH3 is 1. The fourth-order valence-corrected chi connectivity index (χ4v) is 9.28. The number of hydrogen-bond acceptors (Lipinski definition) is 8. The number of aromatic nitrogens is 1. The van der Waals surface area contributed by atoms with E-state index in [-0.39, 0.29) is 52.7 Å². The number of rotatable bonds is 9. The first-order valence-corrected chi connectivity index (χ1v) is 18.6. The third-order valence-corrected chi connectivity index (χ3v) is 13.0. The van der Waals surface area contributed by atoms with Gasteiger partial charge in [-0.05, 0) is 61.8 Å². The van der Waals surface area contributed by atoms with E-state index in [2.05, 4.69) is 0 Å². The van der Waals surface area contributed by atoms with Crippen molar-refractivity contribution in [3.05, 3.63) is 63.7 Å². The molecule has 5 N–H and O–H groups in total. The van der Waals surface area contributed by atoms with Gasteiger partial charge in [-0.3, -0.25) is 13.9 Å². The zero-order chi connectivity index (χ0) is 34.7. The number of carbonyl (C=O) groups excluding carboxylic acids is 1. The quantitative estimate of drug-likeness (QED) is 0.201. The first-order valence-electron chi connectivity index (χ1n) is 15.2. The van der Waals surface area contributed by atoms with Gasteiger partial charge < -0.3 is 48.5 Å². The van der Waals surface area contributed by atoms with E-state index in [1.54, 1.807) is 14.4 Å². The Labute approximate surface area is 272 Å². The summed E-state index contributed by atoms with van der Waals surface area (Å²) in [4.78, 5) is 79.2. The van der Waals surface area contributed by atoms with Crippen LogP contribution in [0.5, 0.6) is 11.5 Å². The largest absolute Gasteiger partial charge is 0.492 e. The molecule has 2 atom stereocenters. The Bertz CT molecular complexity index is 1920. The van der Waals surface area contributed by atoms with Gasteiger partial charge in [0.2, 0.25) is 5.43 Å². The van der Waals surface area contributed by atoms with Crippen LogP contribution in [0.1, 0.15) is 47.6 Å². The Morgan fingerprint density at radius 1 is 1.04 bits per heavy atom. The van der Waals surface area contributed by atoms with Crippen molar-refractivity contribution in [2.24, 2.45) is 5.92 Å². The molecule has 0 radical (unpaired) electrons. The summed E-state index contributed by atoms with van der Waals surface area (Å²) in [6.45, 7) is 0.975. The van der Waals surface area contributed by atoms with Crippen LogP contribution in [-0.4, -0.2) is 84.4 Å². The van der Waals surface area contributed by atoms with Crippen molar-refractivity contribution in [2.75, 3.05) is 31.6 Å². The maximum atomic E-state index is 15.9. The number of carbonyl (C=O) groups is 2. The highest BCUT2D eigenvalue weighted by molar-refractivity contribution is 7.70. The third-order valence-electron chi connectivity index (χ3n) is 9.23. The van der Waals surface area contributed by atoms with E-state index in [9.17, 15) is 48.2 Å². The Morgan fingerprint density at radius 3 is 2.29 bits per heavy atom. The molecule has 3 aromatic rings. The fraction of sp³-hybridized carbons (Fsp3) is 0.433. The number of ether oxygens (including phenoxy) is 2. The van der Waals surface area contributed by atoms with Crippen LogP contribution in [0.2, 0.25) is 0 Å². The van der Waals surface area contributed by atoms with Crippen LogP contribution in [0.15, 0.2) is 41.3 Å². The van der Waals surface area contributed by atoms with Crippen LogP contribution in [0.4, 0.5) is 14.9 Å². The lowest BCUT2D eigenvalue weighted by atomic mass is 9.92. The molecule has 2 saturated heterocycles. The minimum atomic E-state index is -5.11. The molecule has 258 valence electrons. The van der Waals surface area contributed by atoms with Crippen molar-refractivity contribution in [1.29, 1.82) is 0 Å². The summed E-state index contributed by atoms with van der Waals surface area (Å²) in [5.41, 5.74) is -0.615.